The van der Waals surface area contributed by atoms with Gasteiger partial charge in [-0.25, -0.2) is 0 Å². The largest absolute Gasteiger partial charge is 0.317 e. The quantitative estimate of drug-likeness (QED) is 0.845. The minimum absolute atomic E-state index is 0.145. The fourth-order valence-corrected chi connectivity index (χ4v) is 3.78. The molecule has 1 aromatic heterocycles. The molecule has 17 heavy (non-hydrogen) atoms. The van der Waals surface area contributed by atoms with E-state index in [4.69, 9.17) is 11.6 Å². The van der Waals surface area contributed by atoms with Crippen LogP contribution in [0.2, 0.25) is 4.34 Å². The highest BCUT2D eigenvalue weighted by Crippen LogP contribution is 2.39. The molecule has 0 aliphatic carbocycles. The van der Waals surface area contributed by atoms with Gasteiger partial charge >= 0.3 is 0 Å². The van der Waals surface area contributed by atoms with E-state index >= 15 is 0 Å². The molecule has 1 aliphatic rings. The Kier molecular flexibility index (Phi) is 4.23. The Balaban J connectivity index is 2.23. The fraction of sp³-hybridized carbons (Fsp3) is 0.615. The minimum atomic E-state index is -0.145. The van der Waals surface area contributed by atoms with Gasteiger partial charge in [-0.1, -0.05) is 24.9 Å². The van der Waals surface area contributed by atoms with Crippen molar-refractivity contribution in [1.82, 2.24) is 5.32 Å². The van der Waals surface area contributed by atoms with Crippen LogP contribution in [0.25, 0.3) is 0 Å². The predicted molar refractivity (Wildman–Crippen MR) is 73.1 cm³/mol. The van der Waals surface area contributed by atoms with Crippen LogP contribution in [0.15, 0.2) is 12.1 Å². The van der Waals surface area contributed by atoms with E-state index in [1.54, 1.807) is 0 Å². The lowest BCUT2D eigenvalue weighted by atomic mass is 9.71. The lowest BCUT2D eigenvalue weighted by Gasteiger charge is -2.35. The van der Waals surface area contributed by atoms with Crippen molar-refractivity contribution >= 4 is 28.7 Å². The van der Waals surface area contributed by atoms with Gasteiger partial charge in [0.05, 0.1) is 9.21 Å². The Morgan fingerprint density at radius 3 is 2.71 bits per heavy atom. The first-order valence-corrected chi connectivity index (χ1v) is 7.38. The highest BCUT2D eigenvalue weighted by Gasteiger charge is 2.39. The molecule has 0 spiro atoms. The summed E-state index contributed by atoms with van der Waals surface area (Å²) in [5.74, 6) is 0.303. The van der Waals surface area contributed by atoms with Crippen LogP contribution < -0.4 is 5.32 Å². The molecule has 4 heteroatoms. The average molecular weight is 272 g/mol. The molecule has 0 amide bonds. The van der Waals surface area contributed by atoms with Gasteiger partial charge in [-0.05, 0) is 44.5 Å². The maximum atomic E-state index is 12.6. The number of carbonyl (C=O) groups is 1. The Labute approximate surface area is 111 Å². The molecule has 0 atom stereocenters. The third-order valence-corrected chi connectivity index (χ3v) is 4.80. The van der Waals surface area contributed by atoms with Gasteiger partial charge < -0.3 is 5.32 Å². The average Bonchev–Trinajstić information content (AvgIpc) is 2.76. The predicted octanol–water partition coefficient (Wildman–Crippen LogP) is 3.75. The van der Waals surface area contributed by atoms with Crippen LogP contribution in [-0.2, 0) is 0 Å². The summed E-state index contributed by atoms with van der Waals surface area (Å²) in [4.78, 5) is 13.5. The van der Waals surface area contributed by atoms with Crippen molar-refractivity contribution in [3.05, 3.63) is 21.3 Å². The van der Waals surface area contributed by atoms with Crippen molar-refractivity contribution in [2.45, 2.75) is 32.6 Å². The summed E-state index contributed by atoms with van der Waals surface area (Å²) in [7, 11) is 0. The standard InChI is InChI=1S/C13H18ClNOS/c1-2-5-13(6-8-15-9-7-13)12(16)10-3-4-11(14)17-10/h3-4,15H,2,5-9H2,1H3. The van der Waals surface area contributed by atoms with E-state index in [1.165, 1.54) is 11.3 Å². The van der Waals surface area contributed by atoms with Gasteiger partial charge in [0.25, 0.3) is 0 Å². The lowest BCUT2D eigenvalue weighted by Crippen LogP contribution is -2.41. The second-order valence-corrected chi connectivity index (χ2v) is 6.43. The van der Waals surface area contributed by atoms with Gasteiger partial charge in [0, 0.05) is 5.41 Å². The highest BCUT2D eigenvalue weighted by molar-refractivity contribution is 7.18. The summed E-state index contributed by atoms with van der Waals surface area (Å²) in [6.45, 7) is 4.05. The molecular weight excluding hydrogens is 254 g/mol. The third-order valence-electron chi connectivity index (χ3n) is 3.57. The molecule has 2 nitrogen and oxygen atoms in total. The number of Topliss-reactive ketones (excluding diaryl/α,β-unsaturated/α-hetero) is 1. The number of piperidine rings is 1. The van der Waals surface area contributed by atoms with E-state index in [-0.39, 0.29) is 5.41 Å². The number of nitrogens with one attached hydrogen (secondary N) is 1. The summed E-state index contributed by atoms with van der Waals surface area (Å²) in [5, 5.41) is 3.33. The van der Waals surface area contributed by atoms with Gasteiger partial charge in [0.1, 0.15) is 0 Å². The first-order chi connectivity index (χ1) is 8.18. The van der Waals surface area contributed by atoms with Gasteiger partial charge in [-0.15, -0.1) is 11.3 Å². The van der Waals surface area contributed by atoms with Crippen molar-refractivity contribution in [2.24, 2.45) is 5.41 Å². The summed E-state index contributed by atoms with van der Waals surface area (Å²) >= 11 is 7.33. The van der Waals surface area contributed by atoms with Gasteiger partial charge in [0.2, 0.25) is 0 Å². The minimum Gasteiger partial charge on any atom is -0.317 e. The van der Waals surface area contributed by atoms with Crippen LogP contribution in [0.3, 0.4) is 0 Å². The smallest absolute Gasteiger partial charge is 0.179 e. The molecule has 2 heterocycles. The number of thiophene rings is 1. The number of hydrogen-bond donors (Lipinski definition) is 1. The molecule has 1 N–H and O–H groups in total. The van der Waals surface area contributed by atoms with Crippen LogP contribution in [0, 0.1) is 5.41 Å². The fourth-order valence-electron chi connectivity index (χ4n) is 2.67. The van der Waals surface area contributed by atoms with Crippen molar-refractivity contribution in [1.29, 1.82) is 0 Å². The van der Waals surface area contributed by atoms with Crippen LogP contribution in [-0.4, -0.2) is 18.9 Å². The van der Waals surface area contributed by atoms with Gasteiger partial charge in [-0.2, -0.15) is 0 Å². The molecular formula is C13H18ClNOS. The molecule has 0 unspecified atom stereocenters. The molecule has 1 aromatic rings. The maximum Gasteiger partial charge on any atom is 0.179 e. The monoisotopic (exact) mass is 271 g/mol. The Morgan fingerprint density at radius 2 is 2.18 bits per heavy atom. The van der Waals surface area contributed by atoms with Crippen molar-refractivity contribution in [2.75, 3.05) is 13.1 Å². The first kappa shape index (κ1) is 13.1. The molecule has 0 bridgehead atoms. The molecule has 94 valence electrons. The van der Waals surface area contributed by atoms with Gasteiger partial charge in [-0.3, -0.25) is 4.79 Å². The third kappa shape index (κ3) is 2.72. The summed E-state index contributed by atoms with van der Waals surface area (Å²) in [6, 6.07) is 3.69. The second kappa shape index (κ2) is 5.51. The summed E-state index contributed by atoms with van der Waals surface area (Å²) < 4.78 is 0.703. The van der Waals surface area contributed by atoms with E-state index in [1.807, 2.05) is 12.1 Å². The SMILES string of the molecule is CCCC1(C(=O)c2ccc(Cl)s2)CCNCC1. The second-order valence-electron chi connectivity index (χ2n) is 4.71. The van der Waals surface area contributed by atoms with Crippen LogP contribution in [0.4, 0.5) is 0 Å². The summed E-state index contributed by atoms with van der Waals surface area (Å²) in [6.07, 6.45) is 3.96. The number of ketones is 1. The molecule has 0 aromatic carbocycles. The number of hydrogen-bond acceptors (Lipinski definition) is 3. The Bertz CT molecular complexity index is 390. The van der Waals surface area contributed by atoms with E-state index in [0.29, 0.717) is 10.1 Å². The van der Waals surface area contributed by atoms with E-state index in [9.17, 15) is 4.79 Å². The molecule has 0 saturated carbocycles. The van der Waals surface area contributed by atoms with Crippen LogP contribution in [0.5, 0.6) is 0 Å². The van der Waals surface area contributed by atoms with Crippen molar-refractivity contribution < 1.29 is 4.79 Å². The zero-order chi connectivity index (χ0) is 12.3. The highest BCUT2D eigenvalue weighted by atomic mass is 35.5. The molecule has 2 rings (SSSR count). The molecule has 1 fully saturated rings. The van der Waals surface area contributed by atoms with Crippen LogP contribution >= 0.6 is 22.9 Å². The zero-order valence-electron chi connectivity index (χ0n) is 10.1. The topological polar surface area (TPSA) is 29.1 Å². The molecule has 1 aliphatic heterocycles. The number of rotatable bonds is 4. The number of halogens is 1. The Hall–Kier alpha value is -0.380. The van der Waals surface area contributed by atoms with E-state index < -0.39 is 0 Å². The zero-order valence-corrected chi connectivity index (χ0v) is 11.7. The van der Waals surface area contributed by atoms with Gasteiger partial charge in [0.15, 0.2) is 5.78 Å². The lowest BCUT2D eigenvalue weighted by molar-refractivity contribution is 0.0709. The van der Waals surface area contributed by atoms with E-state index in [0.717, 1.165) is 43.6 Å². The van der Waals surface area contributed by atoms with Crippen LogP contribution in [0.1, 0.15) is 42.3 Å². The van der Waals surface area contributed by atoms with Crippen molar-refractivity contribution in [3.63, 3.8) is 0 Å². The maximum absolute atomic E-state index is 12.6. The molecule has 1 saturated heterocycles. The molecule has 0 radical (unpaired) electrons. The summed E-state index contributed by atoms with van der Waals surface area (Å²) in [5.41, 5.74) is -0.145. The first-order valence-electron chi connectivity index (χ1n) is 6.19. The normalized spacial score (nSPS) is 19.2. The Morgan fingerprint density at radius 1 is 1.47 bits per heavy atom. The van der Waals surface area contributed by atoms with Crippen molar-refractivity contribution in [3.8, 4) is 0 Å². The van der Waals surface area contributed by atoms with E-state index in [2.05, 4.69) is 12.2 Å². The number of carbonyl (C=O) groups excluding carboxylic acids is 1.